The van der Waals surface area contributed by atoms with Gasteiger partial charge in [0, 0.05) is 24.7 Å². The van der Waals surface area contributed by atoms with E-state index in [1.807, 2.05) is 0 Å². The molecule has 2 aliphatic rings. The number of ether oxygens (including phenoxy) is 2. The van der Waals surface area contributed by atoms with Crippen LogP contribution in [0.5, 0.6) is 5.75 Å². The smallest absolute Gasteiger partial charge is 0.248 e. The molecule has 4 rings (SSSR count). The van der Waals surface area contributed by atoms with E-state index in [-0.39, 0.29) is 24.1 Å². The van der Waals surface area contributed by atoms with Crippen molar-refractivity contribution in [3.63, 3.8) is 0 Å². The number of hydrogen-bond donors (Lipinski definition) is 1. The van der Waals surface area contributed by atoms with Crippen LogP contribution in [0, 0.1) is 19.8 Å². The minimum absolute atomic E-state index is 0.139. The number of benzene rings is 2. The van der Waals surface area contributed by atoms with Crippen molar-refractivity contribution in [1.82, 2.24) is 14.5 Å². The number of carbonyl (C=O) groups excluding carboxylic acids is 1. The van der Waals surface area contributed by atoms with Gasteiger partial charge in [-0.05, 0) is 121 Å². The highest BCUT2D eigenvalue weighted by molar-refractivity contribution is 7.89. The van der Waals surface area contributed by atoms with E-state index in [0.29, 0.717) is 47.2 Å². The molecular formula is C35H53N3O5S. The van der Waals surface area contributed by atoms with Gasteiger partial charge in [0.15, 0.2) is 0 Å². The zero-order chi connectivity index (χ0) is 31.9. The van der Waals surface area contributed by atoms with E-state index in [4.69, 9.17) is 9.47 Å². The summed E-state index contributed by atoms with van der Waals surface area (Å²) in [6, 6.07) is 14.0. The molecule has 1 saturated heterocycles. The second-order valence-corrected chi connectivity index (χ2v) is 15.0. The number of piperidine rings is 1. The van der Waals surface area contributed by atoms with Crippen LogP contribution in [-0.4, -0.2) is 82.1 Å². The third-order valence-corrected chi connectivity index (χ3v) is 12.2. The summed E-state index contributed by atoms with van der Waals surface area (Å²) in [4.78, 5) is 15.7. The Hall–Kier alpha value is -2.46. The normalized spacial score (nSPS) is 23.8. The Morgan fingerprint density at radius 3 is 2.34 bits per heavy atom. The Morgan fingerprint density at radius 2 is 1.73 bits per heavy atom. The van der Waals surface area contributed by atoms with E-state index in [9.17, 15) is 13.2 Å². The third kappa shape index (κ3) is 8.22. The SMILES string of the molecule is COc1cc(C)c(S(=O)(=O)N2CCCCC2COC(C)C(=O)NCCC2CCC(Cc3ccccc3)(N(C)C)CC2)c(C)c1. The van der Waals surface area contributed by atoms with Crippen LogP contribution in [-0.2, 0) is 26.0 Å². The maximum Gasteiger partial charge on any atom is 0.248 e. The van der Waals surface area contributed by atoms with Crippen molar-refractivity contribution in [2.75, 3.05) is 40.9 Å². The summed E-state index contributed by atoms with van der Waals surface area (Å²) in [5.74, 6) is 1.10. The number of carbonyl (C=O) groups is 1. The number of rotatable bonds is 13. The molecule has 2 fully saturated rings. The van der Waals surface area contributed by atoms with E-state index >= 15 is 0 Å². The van der Waals surface area contributed by atoms with Crippen molar-refractivity contribution in [2.45, 2.75) is 101 Å². The van der Waals surface area contributed by atoms with Gasteiger partial charge in [-0.15, -0.1) is 0 Å². The van der Waals surface area contributed by atoms with Crippen LogP contribution in [0.15, 0.2) is 47.4 Å². The van der Waals surface area contributed by atoms with Gasteiger partial charge in [0.25, 0.3) is 0 Å². The summed E-state index contributed by atoms with van der Waals surface area (Å²) in [6.07, 6.45) is 8.46. The first-order valence-electron chi connectivity index (χ1n) is 16.2. The van der Waals surface area contributed by atoms with Crippen molar-refractivity contribution in [1.29, 1.82) is 0 Å². The molecule has 2 atom stereocenters. The quantitative estimate of drug-likeness (QED) is 0.316. The molecule has 9 heteroatoms. The van der Waals surface area contributed by atoms with Gasteiger partial charge in [-0.2, -0.15) is 4.31 Å². The molecule has 1 heterocycles. The van der Waals surface area contributed by atoms with Crippen LogP contribution in [0.25, 0.3) is 0 Å². The predicted octanol–water partition coefficient (Wildman–Crippen LogP) is 5.50. The Kier molecular flexibility index (Phi) is 11.9. The first kappa shape index (κ1) is 34.4. The lowest BCUT2D eigenvalue weighted by Gasteiger charge is -2.45. The van der Waals surface area contributed by atoms with Crippen molar-refractivity contribution in [2.24, 2.45) is 5.92 Å². The van der Waals surface area contributed by atoms with Gasteiger partial charge in [-0.3, -0.25) is 4.79 Å². The topological polar surface area (TPSA) is 88.2 Å². The Morgan fingerprint density at radius 1 is 1.07 bits per heavy atom. The van der Waals surface area contributed by atoms with E-state index in [1.54, 1.807) is 44.3 Å². The second kappa shape index (κ2) is 15.2. The molecule has 1 saturated carbocycles. The number of hydrogen-bond acceptors (Lipinski definition) is 6. The number of nitrogens with one attached hydrogen (secondary N) is 1. The number of aryl methyl sites for hydroxylation is 2. The van der Waals surface area contributed by atoms with Gasteiger partial charge in [0.1, 0.15) is 11.9 Å². The van der Waals surface area contributed by atoms with E-state index in [2.05, 4.69) is 54.6 Å². The number of sulfonamides is 1. The summed E-state index contributed by atoms with van der Waals surface area (Å²) in [5, 5.41) is 3.08. The molecule has 44 heavy (non-hydrogen) atoms. The Balaban J connectivity index is 1.25. The van der Waals surface area contributed by atoms with Crippen molar-refractivity contribution >= 4 is 15.9 Å². The summed E-state index contributed by atoms with van der Waals surface area (Å²) in [7, 11) is 2.25. The maximum absolute atomic E-state index is 13.8. The molecule has 0 bridgehead atoms. The van der Waals surface area contributed by atoms with Crippen LogP contribution in [0.2, 0.25) is 0 Å². The molecule has 0 radical (unpaired) electrons. The summed E-state index contributed by atoms with van der Waals surface area (Å²) in [5.41, 5.74) is 2.91. The fraction of sp³-hybridized carbons (Fsp3) is 0.629. The van der Waals surface area contributed by atoms with E-state index in [1.165, 1.54) is 5.56 Å². The zero-order valence-electron chi connectivity index (χ0n) is 27.6. The van der Waals surface area contributed by atoms with Crippen molar-refractivity contribution in [3.05, 3.63) is 59.2 Å². The third-order valence-electron chi connectivity index (χ3n) is 9.93. The molecule has 8 nitrogen and oxygen atoms in total. The Labute approximate surface area is 265 Å². The van der Waals surface area contributed by atoms with Gasteiger partial charge >= 0.3 is 0 Å². The van der Waals surface area contributed by atoms with Crippen LogP contribution < -0.4 is 10.1 Å². The molecule has 2 aromatic rings. The molecule has 2 unspecified atom stereocenters. The van der Waals surface area contributed by atoms with Crippen molar-refractivity contribution in [3.8, 4) is 5.75 Å². The van der Waals surface area contributed by atoms with Gasteiger partial charge in [-0.1, -0.05) is 36.8 Å². The van der Waals surface area contributed by atoms with Gasteiger partial charge in [0.2, 0.25) is 15.9 Å². The lowest BCUT2D eigenvalue weighted by Crippen LogP contribution is -2.49. The lowest BCUT2D eigenvalue weighted by molar-refractivity contribution is -0.132. The minimum Gasteiger partial charge on any atom is -0.497 e. The molecule has 1 aliphatic carbocycles. The second-order valence-electron chi connectivity index (χ2n) is 13.1. The first-order chi connectivity index (χ1) is 21.0. The fourth-order valence-electron chi connectivity index (χ4n) is 7.15. The molecule has 1 amide bonds. The summed E-state index contributed by atoms with van der Waals surface area (Å²) in [6.45, 7) is 6.64. The average Bonchev–Trinajstić information content (AvgIpc) is 3.00. The molecule has 0 aromatic heterocycles. The standard InChI is InChI=1S/C35H53N3O5S/c1-26-22-32(42-6)23-27(2)33(26)44(40,41)38-21-11-10-14-31(38)25-43-28(3)34(39)36-20-17-29-15-18-35(19-16-29,37(4)5)24-30-12-8-7-9-13-30/h7-9,12-13,22-23,28-29,31H,10-11,14-21,24-25H2,1-6H3,(H,36,39). The summed E-state index contributed by atoms with van der Waals surface area (Å²) >= 11 is 0. The van der Waals surface area contributed by atoms with Crippen LogP contribution in [0.3, 0.4) is 0 Å². The van der Waals surface area contributed by atoms with Crippen molar-refractivity contribution < 1.29 is 22.7 Å². The zero-order valence-corrected chi connectivity index (χ0v) is 28.4. The predicted molar refractivity (Wildman–Crippen MR) is 176 cm³/mol. The Bertz CT molecular complexity index is 1320. The molecule has 1 aliphatic heterocycles. The lowest BCUT2D eigenvalue weighted by atomic mass is 9.72. The largest absolute Gasteiger partial charge is 0.497 e. The maximum atomic E-state index is 13.8. The molecule has 1 N–H and O–H groups in total. The monoisotopic (exact) mass is 627 g/mol. The number of amides is 1. The molecule has 244 valence electrons. The van der Waals surface area contributed by atoms with Gasteiger partial charge in [-0.25, -0.2) is 8.42 Å². The molecule has 2 aromatic carbocycles. The number of likely N-dealkylation sites (N-methyl/N-ethyl adjacent to an activating group) is 1. The van der Waals surface area contributed by atoms with E-state index in [0.717, 1.165) is 51.4 Å². The van der Waals surface area contributed by atoms with E-state index < -0.39 is 16.1 Å². The number of methoxy groups -OCH3 is 1. The van der Waals surface area contributed by atoms with Crippen LogP contribution in [0.4, 0.5) is 0 Å². The van der Waals surface area contributed by atoms with Crippen LogP contribution in [0.1, 0.15) is 75.0 Å². The summed E-state index contributed by atoms with van der Waals surface area (Å²) < 4.78 is 40.6. The highest BCUT2D eigenvalue weighted by Gasteiger charge is 2.38. The molecule has 0 spiro atoms. The van der Waals surface area contributed by atoms with Gasteiger partial charge in [0.05, 0.1) is 18.6 Å². The highest BCUT2D eigenvalue weighted by atomic mass is 32.2. The minimum atomic E-state index is -3.73. The average molecular weight is 628 g/mol. The first-order valence-corrected chi connectivity index (χ1v) is 17.7. The van der Waals surface area contributed by atoms with Crippen LogP contribution >= 0.6 is 0 Å². The fourth-order valence-corrected chi connectivity index (χ4v) is 9.24. The number of nitrogens with zero attached hydrogens (tertiary/aromatic N) is 2. The highest BCUT2D eigenvalue weighted by Crippen LogP contribution is 2.39. The molecular weight excluding hydrogens is 574 g/mol. The van der Waals surface area contributed by atoms with Gasteiger partial charge < -0.3 is 19.7 Å².